The van der Waals surface area contributed by atoms with Crippen molar-refractivity contribution in [3.8, 4) is 11.5 Å². The molecule has 0 bridgehead atoms. The Bertz CT molecular complexity index is 783. The first-order valence-electron chi connectivity index (χ1n) is 7.81. The van der Waals surface area contributed by atoms with Crippen molar-refractivity contribution >= 4 is 17.6 Å². The third kappa shape index (κ3) is 3.49. The van der Waals surface area contributed by atoms with Gasteiger partial charge in [-0.3, -0.25) is 0 Å². The molecule has 2 aromatic carbocycles. The molecule has 1 heterocycles. The fourth-order valence-corrected chi connectivity index (χ4v) is 2.98. The second-order valence-electron chi connectivity index (χ2n) is 6.49. The minimum atomic E-state index is -0.974. The number of fused-ring (bicyclic) bond motifs is 1. The van der Waals surface area contributed by atoms with Crippen molar-refractivity contribution in [1.29, 1.82) is 0 Å². The predicted octanol–water partition coefficient (Wildman–Crippen LogP) is 4.72. The summed E-state index contributed by atoms with van der Waals surface area (Å²) in [6.45, 7) is 4.25. The van der Waals surface area contributed by atoms with Crippen molar-refractivity contribution in [1.82, 2.24) is 0 Å². The van der Waals surface area contributed by atoms with Crippen LogP contribution in [-0.2, 0) is 13.0 Å². The first-order valence-corrected chi connectivity index (χ1v) is 8.19. The van der Waals surface area contributed by atoms with Gasteiger partial charge in [0.15, 0.2) is 0 Å². The van der Waals surface area contributed by atoms with Gasteiger partial charge in [-0.25, -0.2) is 4.79 Å². The fraction of sp³-hybridized carbons (Fsp3) is 0.316. The Balaban J connectivity index is 1.90. The average molecular weight is 347 g/mol. The van der Waals surface area contributed by atoms with E-state index in [1.54, 1.807) is 18.2 Å². The third-order valence-corrected chi connectivity index (χ3v) is 4.50. The van der Waals surface area contributed by atoms with E-state index < -0.39 is 5.97 Å². The van der Waals surface area contributed by atoms with E-state index in [1.165, 1.54) is 0 Å². The fourth-order valence-electron chi connectivity index (χ4n) is 2.79. The van der Waals surface area contributed by atoms with Gasteiger partial charge in [-0.15, -0.1) is 0 Å². The first kappa shape index (κ1) is 16.7. The summed E-state index contributed by atoms with van der Waals surface area (Å²) in [6, 6.07) is 10.7. The molecule has 0 atom stereocenters. The van der Waals surface area contributed by atoms with E-state index in [2.05, 4.69) is 0 Å². The van der Waals surface area contributed by atoms with Crippen molar-refractivity contribution in [2.45, 2.75) is 38.9 Å². The monoisotopic (exact) mass is 346 g/mol. The summed E-state index contributed by atoms with van der Waals surface area (Å²) in [5, 5.41) is 10.1. The van der Waals surface area contributed by atoms with Gasteiger partial charge >= 0.3 is 5.97 Å². The molecular formula is C19H19ClO4. The number of benzene rings is 2. The summed E-state index contributed by atoms with van der Waals surface area (Å²) >= 11 is 6.13. The standard InChI is InChI=1S/C19H19ClO4/c1-19(2)8-7-14-15(18(21)22)9-13(10-17(14)24-19)23-11-12-5-3-4-6-16(12)20/h3-6,9-10H,7-8,11H2,1-2H3,(H,21,22). The van der Waals surface area contributed by atoms with Gasteiger partial charge in [-0.1, -0.05) is 29.8 Å². The quantitative estimate of drug-likeness (QED) is 0.870. The molecule has 1 aliphatic rings. The van der Waals surface area contributed by atoms with Gasteiger partial charge in [0, 0.05) is 22.2 Å². The van der Waals surface area contributed by atoms with Gasteiger partial charge in [-0.2, -0.15) is 0 Å². The Hall–Kier alpha value is -2.20. The van der Waals surface area contributed by atoms with Crippen LogP contribution in [0.15, 0.2) is 36.4 Å². The minimum Gasteiger partial charge on any atom is -0.489 e. The molecule has 24 heavy (non-hydrogen) atoms. The van der Waals surface area contributed by atoms with Crippen LogP contribution >= 0.6 is 11.6 Å². The number of halogens is 1. The maximum Gasteiger partial charge on any atom is 0.336 e. The molecule has 0 spiro atoms. The maximum absolute atomic E-state index is 11.6. The number of ether oxygens (including phenoxy) is 2. The van der Waals surface area contributed by atoms with Crippen molar-refractivity contribution in [3.63, 3.8) is 0 Å². The largest absolute Gasteiger partial charge is 0.489 e. The second kappa shape index (κ2) is 6.36. The van der Waals surface area contributed by atoms with Gasteiger partial charge in [0.1, 0.15) is 23.7 Å². The minimum absolute atomic E-state index is 0.233. The molecule has 0 unspecified atom stereocenters. The molecule has 0 saturated heterocycles. The molecule has 5 heteroatoms. The summed E-state index contributed by atoms with van der Waals surface area (Å²) in [7, 11) is 0. The lowest BCUT2D eigenvalue weighted by Gasteiger charge is -2.33. The lowest BCUT2D eigenvalue weighted by Crippen LogP contribution is -2.33. The van der Waals surface area contributed by atoms with Crippen LogP contribution in [0.4, 0.5) is 0 Å². The predicted molar refractivity (Wildman–Crippen MR) is 92.2 cm³/mol. The molecule has 2 aromatic rings. The molecule has 4 nitrogen and oxygen atoms in total. The molecule has 1 N–H and O–H groups in total. The number of hydrogen-bond acceptors (Lipinski definition) is 3. The van der Waals surface area contributed by atoms with Crippen LogP contribution in [0.5, 0.6) is 11.5 Å². The average Bonchev–Trinajstić information content (AvgIpc) is 2.52. The van der Waals surface area contributed by atoms with Crippen molar-refractivity contribution in [2.24, 2.45) is 0 Å². The second-order valence-corrected chi connectivity index (χ2v) is 6.90. The third-order valence-electron chi connectivity index (χ3n) is 4.13. The maximum atomic E-state index is 11.6. The van der Waals surface area contributed by atoms with Crippen LogP contribution in [0.3, 0.4) is 0 Å². The number of carbonyl (C=O) groups is 1. The molecule has 0 fully saturated rings. The first-order chi connectivity index (χ1) is 11.4. The number of rotatable bonds is 4. The number of hydrogen-bond donors (Lipinski definition) is 1. The summed E-state index contributed by atoms with van der Waals surface area (Å²) in [5.74, 6) is 0.0711. The summed E-state index contributed by atoms with van der Waals surface area (Å²) in [4.78, 5) is 11.6. The van der Waals surface area contributed by atoms with E-state index >= 15 is 0 Å². The highest BCUT2D eigenvalue weighted by Crippen LogP contribution is 2.38. The molecule has 126 valence electrons. The van der Waals surface area contributed by atoms with Crippen LogP contribution in [0.25, 0.3) is 0 Å². The highest BCUT2D eigenvalue weighted by atomic mass is 35.5. The lowest BCUT2D eigenvalue weighted by atomic mass is 9.91. The molecule has 0 saturated carbocycles. The van der Waals surface area contributed by atoms with Crippen LogP contribution in [0, 0.1) is 0 Å². The Morgan fingerprint density at radius 2 is 2.08 bits per heavy atom. The van der Waals surface area contributed by atoms with E-state index in [-0.39, 0.29) is 17.8 Å². The molecule has 3 rings (SSSR count). The van der Waals surface area contributed by atoms with Crippen molar-refractivity contribution in [2.75, 3.05) is 0 Å². The number of carboxylic acids is 1. The van der Waals surface area contributed by atoms with Crippen LogP contribution in [-0.4, -0.2) is 16.7 Å². The highest BCUT2D eigenvalue weighted by Gasteiger charge is 2.30. The topological polar surface area (TPSA) is 55.8 Å². The zero-order chi connectivity index (χ0) is 17.3. The lowest BCUT2D eigenvalue weighted by molar-refractivity contribution is 0.0672. The van der Waals surface area contributed by atoms with E-state index in [0.29, 0.717) is 22.9 Å². The van der Waals surface area contributed by atoms with Crippen LogP contribution < -0.4 is 9.47 Å². The highest BCUT2D eigenvalue weighted by molar-refractivity contribution is 6.31. The van der Waals surface area contributed by atoms with E-state index in [0.717, 1.165) is 17.5 Å². The van der Waals surface area contributed by atoms with E-state index in [9.17, 15) is 9.90 Å². The normalized spacial score (nSPS) is 15.3. The van der Waals surface area contributed by atoms with E-state index in [1.807, 2.05) is 32.0 Å². The Labute approximate surface area is 146 Å². The van der Waals surface area contributed by atoms with Gasteiger partial charge < -0.3 is 14.6 Å². The Morgan fingerprint density at radius 1 is 1.33 bits per heavy atom. The van der Waals surface area contributed by atoms with Crippen LogP contribution in [0.2, 0.25) is 5.02 Å². The molecule has 0 aromatic heterocycles. The van der Waals surface area contributed by atoms with Gasteiger partial charge in [0.05, 0.1) is 5.56 Å². The van der Waals surface area contributed by atoms with Gasteiger partial charge in [-0.05, 0) is 38.8 Å². The zero-order valence-electron chi connectivity index (χ0n) is 13.6. The van der Waals surface area contributed by atoms with E-state index in [4.69, 9.17) is 21.1 Å². The van der Waals surface area contributed by atoms with Gasteiger partial charge in [0.25, 0.3) is 0 Å². The Kier molecular flexibility index (Phi) is 4.41. The summed E-state index contributed by atoms with van der Waals surface area (Å²) < 4.78 is 11.7. The summed E-state index contributed by atoms with van der Waals surface area (Å²) in [6.07, 6.45) is 1.45. The molecule has 1 aliphatic heterocycles. The van der Waals surface area contributed by atoms with Gasteiger partial charge in [0.2, 0.25) is 0 Å². The molecule has 0 radical (unpaired) electrons. The smallest absolute Gasteiger partial charge is 0.336 e. The molecule has 0 aliphatic carbocycles. The Morgan fingerprint density at radius 3 is 2.79 bits per heavy atom. The van der Waals surface area contributed by atoms with Crippen molar-refractivity contribution in [3.05, 3.63) is 58.1 Å². The number of carboxylic acid groups (broad SMARTS) is 1. The number of aromatic carboxylic acids is 1. The van der Waals surface area contributed by atoms with Crippen LogP contribution in [0.1, 0.15) is 41.8 Å². The molecule has 0 amide bonds. The SMILES string of the molecule is CC1(C)CCc2c(cc(OCc3ccccc3Cl)cc2C(=O)O)O1. The zero-order valence-corrected chi connectivity index (χ0v) is 14.4. The van der Waals surface area contributed by atoms with Crippen molar-refractivity contribution < 1.29 is 19.4 Å². The molecular weight excluding hydrogens is 328 g/mol. The summed E-state index contributed by atoms with van der Waals surface area (Å²) in [5.41, 5.74) is 1.49.